The summed E-state index contributed by atoms with van der Waals surface area (Å²) in [6.07, 6.45) is 2.01. The van der Waals surface area contributed by atoms with Crippen LogP contribution in [0.25, 0.3) is 10.9 Å². The Morgan fingerprint density at radius 3 is 3.00 bits per heavy atom. The highest BCUT2D eigenvalue weighted by atomic mass is 79.9. The molecule has 0 amide bonds. The lowest BCUT2D eigenvalue weighted by Crippen LogP contribution is -2.05. The fourth-order valence-electron chi connectivity index (χ4n) is 1.71. The Kier molecular flexibility index (Phi) is 2.58. The highest BCUT2D eigenvalue weighted by molar-refractivity contribution is 9.10. The Bertz CT molecular complexity index is 464. The van der Waals surface area contributed by atoms with Gasteiger partial charge in [0.1, 0.15) is 0 Å². The van der Waals surface area contributed by atoms with Crippen LogP contribution in [0.2, 0.25) is 0 Å². The molecule has 0 radical (unpaired) electrons. The van der Waals surface area contributed by atoms with Crippen LogP contribution >= 0.6 is 15.9 Å². The normalized spacial score (nSPS) is 11.1. The van der Waals surface area contributed by atoms with Gasteiger partial charge in [-0.2, -0.15) is 0 Å². The molecule has 0 aliphatic heterocycles. The van der Waals surface area contributed by atoms with E-state index in [9.17, 15) is 0 Å². The van der Waals surface area contributed by atoms with E-state index >= 15 is 0 Å². The summed E-state index contributed by atoms with van der Waals surface area (Å²) in [6, 6.07) is 6.06. The van der Waals surface area contributed by atoms with Crippen molar-refractivity contribution in [3.8, 4) is 0 Å². The number of halogens is 1. The molecule has 0 aliphatic carbocycles. The van der Waals surface area contributed by atoms with Crippen molar-refractivity contribution in [3.63, 3.8) is 0 Å². The van der Waals surface area contributed by atoms with E-state index in [0.717, 1.165) is 20.9 Å². The van der Waals surface area contributed by atoms with Gasteiger partial charge in [0, 0.05) is 35.2 Å². The molecule has 3 nitrogen and oxygen atoms in total. The number of nitrogens with one attached hydrogen (secondary N) is 1. The van der Waals surface area contributed by atoms with E-state index in [1.54, 1.807) is 0 Å². The fourth-order valence-corrected chi connectivity index (χ4v) is 2.32. The number of hydrogen-bond acceptors (Lipinski definition) is 2. The van der Waals surface area contributed by atoms with E-state index in [1.807, 2.05) is 29.9 Å². The molecule has 0 bridgehead atoms. The number of aromatic nitrogens is 1. The quantitative estimate of drug-likeness (QED) is 0.808. The summed E-state index contributed by atoms with van der Waals surface area (Å²) >= 11 is 3.51. The van der Waals surface area contributed by atoms with Crippen LogP contribution in [0.15, 0.2) is 28.9 Å². The third kappa shape index (κ3) is 1.45. The Labute approximate surface area is 90.4 Å². The first-order valence-electron chi connectivity index (χ1n) is 4.33. The lowest BCUT2D eigenvalue weighted by molar-refractivity contribution is 0.161. The van der Waals surface area contributed by atoms with E-state index in [0.29, 0.717) is 6.54 Å². The molecule has 14 heavy (non-hydrogen) atoms. The molecule has 2 rings (SSSR count). The molecular formula is C10H11BrN2O. The van der Waals surface area contributed by atoms with Gasteiger partial charge in [0.2, 0.25) is 0 Å². The number of hydroxylamine groups is 1. The fraction of sp³-hybridized carbons (Fsp3) is 0.200. The Morgan fingerprint density at radius 2 is 2.29 bits per heavy atom. The molecule has 74 valence electrons. The third-order valence-corrected chi connectivity index (χ3v) is 2.97. The molecule has 1 aromatic carbocycles. The first-order chi connectivity index (χ1) is 6.74. The zero-order valence-electron chi connectivity index (χ0n) is 7.79. The Morgan fingerprint density at radius 1 is 1.50 bits per heavy atom. The summed E-state index contributed by atoms with van der Waals surface area (Å²) in [7, 11) is 2.00. The molecule has 0 spiro atoms. The van der Waals surface area contributed by atoms with Crippen LogP contribution in [-0.2, 0) is 13.6 Å². The third-order valence-electron chi connectivity index (χ3n) is 2.31. The minimum atomic E-state index is 0.458. The van der Waals surface area contributed by atoms with Crippen molar-refractivity contribution in [2.75, 3.05) is 0 Å². The molecule has 2 N–H and O–H groups in total. The Balaban J connectivity index is 2.72. The summed E-state index contributed by atoms with van der Waals surface area (Å²) in [6.45, 7) is 0.458. The summed E-state index contributed by atoms with van der Waals surface area (Å²) in [4.78, 5) is 0. The number of hydrogen-bond donors (Lipinski definition) is 2. The molecule has 0 unspecified atom stereocenters. The number of rotatable bonds is 2. The van der Waals surface area contributed by atoms with Crippen LogP contribution in [-0.4, -0.2) is 9.77 Å². The van der Waals surface area contributed by atoms with Gasteiger partial charge in [0.15, 0.2) is 0 Å². The monoisotopic (exact) mass is 254 g/mol. The average molecular weight is 255 g/mol. The summed E-state index contributed by atoms with van der Waals surface area (Å²) in [5.74, 6) is 0. The van der Waals surface area contributed by atoms with Crippen LogP contribution in [0.5, 0.6) is 0 Å². The van der Waals surface area contributed by atoms with E-state index < -0.39 is 0 Å². The van der Waals surface area contributed by atoms with Crippen molar-refractivity contribution in [2.45, 2.75) is 6.54 Å². The van der Waals surface area contributed by atoms with Crippen molar-refractivity contribution < 1.29 is 5.21 Å². The van der Waals surface area contributed by atoms with Crippen molar-refractivity contribution >= 4 is 26.8 Å². The largest absolute Gasteiger partial charge is 0.350 e. The van der Waals surface area contributed by atoms with Crippen LogP contribution < -0.4 is 5.48 Å². The molecule has 0 fully saturated rings. The van der Waals surface area contributed by atoms with E-state index in [1.165, 1.54) is 0 Å². The molecule has 0 saturated carbocycles. The molecule has 4 heteroatoms. The van der Waals surface area contributed by atoms with Crippen molar-refractivity contribution in [2.24, 2.45) is 7.05 Å². The maximum absolute atomic E-state index is 8.70. The first kappa shape index (κ1) is 9.71. The van der Waals surface area contributed by atoms with E-state index in [2.05, 4.69) is 27.5 Å². The van der Waals surface area contributed by atoms with Crippen LogP contribution in [0.1, 0.15) is 5.56 Å². The van der Waals surface area contributed by atoms with Crippen LogP contribution in [0, 0.1) is 0 Å². The number of benzene rings is 1. The number of aryl methyl sites for hydroxylation is 1. The highest BCUT2D eigenvalue weighted by Gasteiger charge is 2.08. The van der Waals surface area contributed by atoms with Crippen molar-refractivity contribution in [1.82, 2.24) is 10.0 Å². The molecule has 1 heterocycles. The minimum Gasteiger partial charge on any atom is -0.350 e. The van der Waals surface area contributed by atoms with Crippen LogP contribution in [0.4, 0.5) is 0 Å². The SMILES string of the molecule is Cn1cc(CNO)c2c(Br)cccc21. The summed E-state index contributed by atoms with van der Waals surface area (Å²) in [5.41, 5.74) is 4.42. The number of fused-ring (bicyclic) bond motifs is 1. The van der Waals surface area contributed by atoms with E-state index in [-0.39, 0.29) is 0 Å². The molecule has 0 aliphatic rings. The number of nitrogens with zero attached hydrogens (tertiary/aromatic N) is 1. The second kappa shape index (κ2) is 3.73. The predicted octanol–water partition coefficient (Wildman–Crippen LogP) is 2.42. The van der Waals surface area contributed by atoms with Gasteiger partial charge in [-0.15, -0.1) is 0 Å². The second-order valence-electron chi connectivity index (χ2n) is 3.23. The molecule has 1 aromatic heterocycles. The van der Waals surface area contributed by atoms with Gasteiger partial charge in [-0.3, -0.25) is 0 Å². The van der Waals surface area contributed by atoms with Crippen LogP contribution in [0.3, 0.4) is 0 Å². The van der Waals surface area contributed by atoms with Gasteiger partial charge in [-0.05, 0) is 17.7 Å². The van der Waals surface area contributed by atoms with Gasteiger partial charge in [0.05, 0.1) is 0 Å². The predicted molar refractivity (Wildman–Crippen MR) is 59.2 cm³/mol. The molecular weight excluding hydrogens is 244 g/mol. The van der Waals surface area contributed by atoms with Gasteiger partial charge in [0.25, 0.3) is 0 Å². The van der Waals surface area contributed by atoms with Gasteiger partial charge in [-0.25, -0.2) is 5.48 Å². The van der Waals surface area contributed by atoms with Crippen molar-refractivity contribution in [3.05, 3.63) is 34.4 Å². The summed E-state index contributed by atoms with van der Waals surface area (Å²) in [5, 5.41) is 9.85. The minimum absolute atomic E-state index is 0.458. The highest BCUT2D eigenvalue weighted by Crippen LogP contribution is 2.28. The topological polar surface area (TPSA) is 37.2 Å². The maximum Gasteiger partial charge on any atom is 0.0492 e. The van der Waals surface area contributed by atoms with Gasteiger partial charge < -0.3 is 9.77 Å². The zero-order valence-corrected chi connectivity index (χ0v) is 9.37. The van der Waals surface area contributed by atoms with Gasteiger partial charge >= 0.3 is 0 Å². The molecule has 0 atom stereocenters. The standard InChI is InChI=1S/C10H11BrN2O/c1-13-6-7(5-12-14)10-8(11)3-2-4-9(10)13/h2-4,6,12,14H,5H2,1H3. The lowest BCUT2D eigenvalue weighted by Gasteiger charge is -1.99. The second-order valence-corrected chi connectivity index (χ2v) is 4.09. The van der Waals surface area contributed by atoms with Crippen molar-refractivity contribution in [1.29, 1.82) is 0 Å². The Hall–Kier alpha value is -0.840. The molecule has 0 saturated heterocycles. The zero-order chi connectivity index (χ0) is 10.1. The maximum atomic E-state index is 8.70. The lowest BCUT2D eigenvalue weighted by atomic mass is 10.2. The average Bonchev–Trinajstić information content (AvgIpc) is 2.46. The first-order valence-corrected chi connectivity index (χ1v) is 5.12. The molecule has 2 aromatic rings. The van der Waals surface area contributed by atoms with E-state index in [4.69, 9.17) is 5.21 Å². The summed E-state index contributed by atoms with van der Waals surface area (Å²) < 4.78 is 3.10. The smallest absolute Gasteiger partial charge is 0.0492 e. The van der Waals surface area contributed by atoms with Gasteiger partial charge in [-0.1, -0.05) is 22.0 Å².